The molecule has 1 aromatic carbocycles. The first-order valence-corrected chi connectivity index (χ1v) is 9.44. The van der Waals surface area contributed by atoms with Gasteiger partial charge in [0.15, 0.2) is 0 Å². The number of imidazole rings is 1. The lowest BCUT2D eigenvalue weighted by Gasteiger charge is -2.14. The number of aromatic amines is 1. The molecular weight excluding hydrogens is 358 g/mol. The normalized spacial score (nSPS) is 16.5. The second-order valence-corrected chi connectivity index (χ2v) is 7.14. The highest BCUT2D eigenvalue weighted by atomic mass is 16.2. The van der Waals surface area contributed by atoms with Gasteiger partial charge in [0.05, 0.1) is 12.0 Å². The second kappa shape index (κ2) is 8.69. The van der Waals surface area contributed by atoms with Gasteiger partial charge in [-0.25, -0.2) is 14.7 Å². The summed E-state index contributed by atoms with van der Waals surface area (Å²) >= 11 is 0. The molecule has 2 aromatic rings. The molecule has 0 saturated carbocycles. The fraction of sp³-hybridized carbons (Fsp3) is 0.400. The van der Waals surface area contributed by atoms with Crippen LogP contribution >= 0.6 is 0 Å². The fourth-order valence-electron chi connectivity index (χ4n) is 3.10. The topological polar surface area (TPSA) is 107 Å². The average Bonchev–Trinajstić information content (AvgIpc) is 3.28. The molecular formula is C20H25N5O3. The van der Waals surface area contributed by atoms with E-state index in [0.717, 1.165) is 16.2 Å². The van der Waals surface area contributed by atoms with E-state index >= 15 is 0 Å². The number of carbonyl (C=O) groups excluding carboxylic acids is 3. The summed E-state index contributed by atoms with van der Waals surface area (Å²) in [5.41, 5.74) is 2.62. The summed E-state index contributed by atoms with van der Waals surface area (Å²) in [5.74, 6) is -0.106. The maximum absolute atomic E-state index is 12.6. The Kier molecular flexibility index (Phi) is 6.08. The van der Waals surface area contributed by atoms with Crippen LogP contribution in [0.25, 0.3) is 0 Å². The first-order valence-electron chi connectivity index (χ1n) is 9.44. The van der Waals surface area contributed by atoms with Crippen molar-refractivity contribution >= 4 is 23.5 Å². The van der Waals surface area contributed by atoms with E-state index in [9.17, 15) is 14.4 Å². The van der Waals surface area contributed by atoms with Crippen molar-refractivity contribution in [3.8, 4) is 0 Å². The van der Waals surface area contributed by atoms with Crippen molar-refractivity contribution in [1.29, 1.82) is 0 Å². The van der Waals surface area contributed by atoms with Crippen molar-refractivity contribution in [1.82, 2.24) is 20.6 Å². The molecule has 28 heavy (non-hydrogen) atoms. The summed E-state index contributed by atoms with van der Waals surface area (Å²) in [5, 5.41) is 5.47. The Morgan fingerprint density at radius 1 is 1.25 bits per heavy atom. The van der Waals surface area contributed by atoms with Gasteiger partial charge in [0, 0.05) is 31.3 Å². The van der Waals surface area contributed by atoms with E-state index in [0.29, 0.717) is 24.6 Å². The minimum absolute atomic E-state index is 0.152. The number of hydrogen-bond acceptors (Lipinski definition) is 4. The molecule has 0 aliphatic carbocycles. The SMILES string of the molecule is CC(C)c1ccc(N2C(=O)N[C@H](CCC(=O)NCCc3cnc[nH]3)C2=O)cc1. The van der Waals surface area contributed by atoms with Gasteiger partial charge in [-0.2, -0.15) is 0 Å². The number of amides is 4. The van der Waals surface area contributed by atoms with Crippen LogP contribution in [0.15, 0.2) is 36.8 Å². The quantitative estimate of drug-likeness (QED) is 0.607. The van der Waals surface area contributed by atoms with Crippen molar-refractivity contribution in [3.05, 3.63) is 48.0 Å². The number of carbonyl (C=O) groups is 3. The smallest absolute Gasteiger partial charge is 0.329 e. The summed E-state index contributed by atoms with van der Waals surface area (Å²) in [6.45, 7) is 4.65. The highest BCUT2D eigenvalue weighted by Crippen LogP contribution is 2.24. The first-order chi connectivity index (χ1) is 13.5. The van der Waals surface area contributed by atoms with Crippen molar-refractivity contribution in [2.75, 3.05) is 11.4 Å². The van der Waals surface area contributed by atoms with Crippen LogP contribution in [-0.4, -0.2) is 40.4 Å². The number of benzene rings is 1. The Morgan fingerprint density at radius 3 is 2.64 bits per heavy atom. The third-order valence-corrected chi connectivity index (χ3v) is 4.77. The molecule has 4 amide bonds. The molecule has 0 bridgehead atoms. The zero-order valence-electron chi connectivity index (χ0n) is 16.1. The third-order valence-electron chi connectivity index (χ3n) is 4.77. The van der Waals surface area contributed by atoms with Crippen LogP contribution in [0.4, 0.5) is 10.5 Å². The summed E-state index contributed by atoms with van der Waals surface area (Å²) in [6.07, 6.45) is 4.39. The van der Waals surface area contributed by atoms with Crippen LogP contribution in [-0.2, 0) is 16.0 Å². The highest BCUT2D eigenvalue weighted by Gasteiger charge is 2.38. The molecule has 1 aromatic heterocycles. The number of urea groups is 1. The van der Waals surface area contributed by atoms with Crippen LogP contribution in [0.2, 0.25) is 0 Å². The van der Waals surface area contributed by atoms with Gasteiger partial charge in [-0.3, -0.25) is 9.59 Å². The molecule has 1 saturated heterocycles. The standard InChI is InChI=1S/C20H25N5O3/c1-13(2)14-3-5-16(6-4-14)25-19(27)17(24-20(25)28)7-8-18(26)22-10-9-15-11-21-12-23-15/h3-6,11-13,17H,7-10H2,1-2H3,(H,21,23)(H,22,26)(H,24,28)/t17-/m1/s1. The van der Waals surface area contributed by atoms with Crippen molar-refractivity contribution in [3.63, 3.8) is 0 Å². The maximum atomic E-state index is 12.6. The molecule has 1 fully saturated rings. The summed E-state index contributed by atoms with van der Waals surface area (Å²) in [7, 11) is 0. The van der Waals surface area contributed by atoms with Crippen LogP contribution < -0.4 is 15.5 Å². The minimum atomic E-state index is -0.685. The molecule has 148 valence electrons. The van der Waals surface area contributed by atoms with Gasteiger partial charge in [-0.05, 0) is 30.0 Å². The van der Waals surface area contributed by atoms with Crippen LogP contribution in [0.1, 0.15) is 43.9 Å². The lowest BCUT2D eigenvalue weighted by atomic mass is 10.0. The largest absolute Gasteiger partial charge is 0.356 e. The lowest BCUT2D eigenvalue weighted by Crippen LogP contribution is -2.33. The van der Waals surface area contributed by atoms with E-state index in [1.807, 2.05) is 12.1 Å². The second-order valence-electron chi connectivity index (χ2n) is 7.14. The minimum Gasteiger partial charge on any atom is -0.356 e. The average molecular weight is 383 g/mol. The molecule has 0 radical (unpaired) electrons. The Bertz CT molecular complexity index is 830. The Hall–Kier alpha value is -3.16. The predicted molar refractivity (Wildman–Crippen MR) is 105 cm³/mol. The van der Waals surface area contributed by atoms with E-state index in [1.165, 1.54) is 0 Å². The number of anilines is 1. The molecule has 8 nitrogen and oxygen atoms in total. The first kappa shape index (κ1) is 19.6. The molecule has 1 aliphatic heterocycles. The number of imide groups is 1. The summed E-state index contributed by atoms with van der Waals surface area (Å²) in [4.78, 5) is 44.9. The molecule has 0 unspecified atom stereocenters. The van der Waals surface area contributed by atoms with Gasteiger partial charge in [0.2, 0.25) is 5.91 Å². The Balaban J connectivity index is 1.49. The van der Waals surface area contributed by atoms with Crippen molar-refractivity contribution in [2.24, 2.45) is 0 Å². The Labute approximate surface area is 163 Å². The van der Waals surface area contributed by atoms with Crippen LogP contribution in [0, 0.1) is 0 Å². The zero-order valence-corrected chi connectivity index (χ0v) is 16.1. The molecule has 1 atom stereocenters. The molecule has 8 heteroatoms. The van der Waals surface area contributed by atoms with Gasteiger partial charge >= 0.3 is 6.03 Å². The van der Waals surface area contributed by atoms with Gasteiger partial charge in [0.1, 0.15) is 6.04 Å². The Morgan fingerprint density at radius 2 is 2.00 bits per heavy atom. The number of rotatable bonds is 8. The summed E-state index contributed by atoms with van der Waals surface area (Å²) in [6, 6.07) is 6.25. The van der Waals surface area contributed by atoms with E-state index < -0.39 is 12.1 Å². The fourth-order valence-corrected chi connectivity index (χ4v) is 3.10. The third kappa shape index (κ3) is 4.57. The van der Waals surface area contributed by atoms with Gasteiger partial charge in [-0.1, -0.05) is 26.0 Å². The zero-order chi connectivity index (χ0) is 20.1. The monoisotopic (exact) mass is 383 g/mol. The van der Waals surface area contributed by atoms with E-state index in [1.54, 1.807) is 24.7 Å². The number of hydrogen-bond donors (Lipinski definition) is 3. The molecule has 2 heterocycles. The van der Waals surface area contributed by atoms with E-state index in [2.05, 4.69) is 34.4 Å². The number of aromatic nitrogens is 2. The van der Waals surface area contributed by atoms with Crippen LogP contribution in [0.3, 0.4) is 0 Å². The van der Waals surface area contributed by atoms with Crippen molar-refractivity contribution < 1.29 is 14.4 Å². The van der Waals surface area contributed by atoms with Crippen molar-refractivity contribution in [2.45, 2.75) is 45.1 Å². The highest BCUT2D eigenvalue weighted by molar-refractivity contribution is 6.21. The molecule has 3 rings (SSSR count). The van der Waals surface area contributed by atoms with E-state index in [4.69, 9.17) is 0 Å². The van der Waals surface area contributed by atoms with Gasteiger partial charge in [-0.15, -0.1) is 0 Å². The van der Waals surface area contributed by atoms with Gasteiger partial charge in [0.25, 0.3) is 5.91 Å². The van der Waals surface area contributed by atoms with Crippen LogP contribution in [0.5, 0.6) is 0 Å². The number of H-pyrrole nitrogens is 1. The van der Waals surface area contributed by atoms with E-state index in [-0.39, 0.29) is 24.7 Å². The molecule has 1 aliphatic rings. The lowest BCUT2D eigenvalue weighted by molar-refractivity contribution is -0.121. The van der Waals surface area contributed by atoms with Gasteiger partial charge < -0.3 is 15.6 Å². The number of nitrogens with zero attached hydrogens (tertiary/aromatic N) is 2. The molecule has 3 N–H and O–H groups in total. The predicted octanol–water partition coefficient (Wildman–Crippen LogP) is 2.10. The summed E-state index contributed by atoms with van der Waals surface area (Å²) < 4.78 is 0. The molecule has 0 spiro atoms. The maximum Gasteiger partial charge on any atom is 0.329 e. The number of nitrogens with one attached hydrogen (secondary N) is 3.